The Hall–Kier alpha value is -1.96. The third kappa shape index (κ3) is 2.72. The second kappa shape index (κ2) is 6.74. The van der Waals surface area contributed by atoms with Gasteiger partial charge < -0.3 is 9.47 Å². The zero-order valence-electron chi connectivity index (χ0n) is 15.7. The Morgan fingerprint density at radius 3 is 2.04 bits per heavy atom. The van der Waals surface area contributed by atoms with Crippen LogP contribution in [0.3, 0.4) is 0 Å². The van der Waals surface area contributed by atoms with Gasteiger partial charge in [0.25, 0.3) is 0 Å². The van der Waals surface area contributed by atoms with Gasteiger partial charge in [0.2, 0.25) is 0 Å². The van der Waals surface area contributed by atoms with E-state index in [4.69, 9.17) is 9.47 Å². The van der Waals surface area contributed by atoms with Crippen LogP contribution in [0, 0.1) is 6.92 Å². The minimum Gasteiger partial charge on any atom is -0.493 e. The number of hydrogen-bond acceptors (Lipinski definition) is 2. The van der Waals surface area contributed by atoms with Crippen LogP contribution in [-0.2, 0) is 25.7 Å². The lowest BCUT2D eigenvalue weighted by molar-refractivity contribution is 0.355. The smallest absolute Gasteiger partial charge is 0.168 e. The molecule has 0 heterocycles. The van der Waals surface area contributed by atoms with Gasteiger partial charge >= 0.3 is 0 Å². The second-order valence-corrected chi connectivity index (χ2v) is 7.43. The van der Waals surface area contributed by atoms with Crippen molar-refractivity contribution in [1.29, 1.82) is 0 Å². The summed E-state index contributed by atoms with van der Waals surface area (Å²) in [5.74, 6) is 1.80. The summed E-state index contributed by atoms with van der Waals surface area (Å²) in [6.07, 6.45) is 9.82. The molecular weight excluding hydrogens is 308 g/mol. The summed E-state index contributed by atoms with van der Waals surface area (Å²) in [4.78, 5) is 0. The first-order chi connectivity index (χ1) is 12.2. The maximum atomic E-state index is 5.91. The van der Waals surface area contributed by atoms with Gasteiger partial charge in [0.1, 0.15) is 0 Å². The fourth-order valence-electron chi connectivity index (χ4n) is 4.77. The fourth-order valence-corrected chi connectivity index (χ4v) is 4.77. The van der Waals surface area contributed by atoms with Crippen molar-refractivity contribution in [3.8, 4) is 22.6 Å². The molecule has 2 aromatic carbocycles. The van der Waals surface area contributed by atoms with E-state index < -0.39 is 0 Å². The van der Waals surface area contributed by atoms with E-state index in [1.807, 2.05) is 0 Å². The van der Waals surface area contributed by atoms with Crippen molar-refractivity contribution in [2.45, 2.75) is 58.3 Å². The predicted octanol–water partition coefficient (Wildman–Crippen LogP) is 5.44. The average Bonchev–Trinajstić information content (AvgIpc) is 2.66. The monoisotopic (exact) mass is 336 g/mol. The molecule has 0 radical (unpaired) electrons. The van der Waals surface area contributed by atoms with Crippen LogP contribution in [0.25, 0.3) is 11.1 Å². The molecule has 2 nitrogen and oxygen atoms in total. The first kappa shape index (κ1) is 16.5. The highest BCUT2D eigenvalue weighted by Crippen LogP contribution is 2.48. The largest absolute Gasteiger partial charge is 0.493 e. The molecule has 0 aromatic heterocycles. The molecule has 2 aliphatic carbocycles. The van der Waals surface area contributed by atoms with E-state index in [1.54, 1.807) is 19.8 Å². The van der Waals surface area contributed by atoms with Gasteiger partial charge in [-0.3, -0.25) is 0 Å². The van der Waals surface area contributed by atoms with Gasteiger partial charge in [-0.2, -0.15) is 0 Å². The van der Waals surface area contributed by atoms with E-state index in [1.165, 1.54) is 71.9 Å². The lowest BCUT2D eigenvalue weighted by atomic mass is 9.79. The highest BCUT2D eigenvalue weighted by Gasteiger charge is 2.26. The molecule has 0 fully saturated rings. The van der Waals surface area contributed by atoms with Crippen LogP contribution < -0.4 is 9.47 Å². The highest BCUT2D eigenvalue weighted by molar-refractivity contribution is 5.84. The number of methoxy groups -OCH3 is 2. The molecule has 0 saturated heterocycles. The van der Waals surface area contributed by atoms with E-state index in [9.17, 15) is 0 Å². The normalized spacial score (nSPS) is 16.1. The number of benzene rings is 2. The lowest BCUT2D eigenvalue weighted by Gasteiger charge is -2.28. The fraction of sp³-hybridized carbons (Fsp3) is 0.478. The summed E-state index contributed by atoms with van der Waals surface area (Å²) < 4.78 is 11.6. The van der Waals surface area contributed by atoms with Crippen molar-refractivity contribution in [3.05, 3.63) is 46.0 Å². The van der Waals surface area contributed by atoms with Gasteiger partial charge in [0.05, 0.1) is 14.2 Å². The molecule has 0 amide bonds. The first-order valence-corrected chi connectivity index (χ1v) is 9.63. The van der Waals surface area contributed by atoms with Crippen molar-refractivity contribution in [1.82, 2.24) is 0 Å². The molecule has 0 aliphatic heterocycles. The lowest BCUT2D eigenvalue weighted by Crippen LogP contribution is -2.11. The summed E-state index contributed by atoms with van der Waals surface area (Å²) in [5, 5.41) is 0. The number of aryl methyl sites for hydroxylation is 3. The average molecular weight is 336 g/mol. The van der Waals surface area contributed by atoms with Crippen LogP contribution in [0.1, 0.15) is 53.5 Å². The molecular formula is C23H28O2. The van der Waals surface area contributed by atoms with E-state index in [0.717, 1.165) is 24.3 Å². The Bertz CT molecular complexity index is 790. The molecule has 0 spiro atoms. The third-order valence-electron chi connectivity index (χ3n) is 5.98. The summed E-state index contributed by atoms with van der Waals surface area (Å²) >= 11 is 0. The van der Waals surface area contributed by atoms with Crippen LogP contribution >= 0.6 is 0 Å². The molecule has 4 rings (SSSR count). The van der Waals surface area contributed by atoms with E-state index in [0.29, 0.717) is 0 Å². The third-order valence-corrected chi connectivity index (χ3v) is 5.98. The van der Waals surface area contributed by atoms with Crippen molar-refractivity contribution in [3.63, 3.8) is 0 Å². The van der Waals surface area contributed by atoms with Crippen LogP contribution in [0.15, 0.2) is 18.2 Å². The van der Waals surface area contributed by atoms with Gasteiger partial charge in [-0.1, -0.05) is 12.1 Å². The molecule has 0 N–H and O–H groups in total. The van der Waals surface area contributed by atoms with Gasteiger partial charge in [0, 0.05) is 5.56 Å². The molecule has 0 bridgehead atoms. The maximum Gasteiger partial charge on any atom is 0.168 e. The van der Waals surface area contributed by atoms with Crippen LogP contribution in [0.5, 0.6) is 11.5 Å². The summed E-state index contributed by atoms with van der Waals surface area (Å²) in [6.45, 7) is 2.25. The number of fused-ring (bicyclic) bond motifs is 2. The Morgan fingerprint density at radius 1 is 0.720 bits per heavy atom. The topological polar surface area (TPSA) is 18.5 Å². The first-order valence-electron chi connectivity index (χ1n) is 9.63. The minimum atomic E-state index is 0.881. The van der Waals surface area contributed by atoms with Crippen molar-refractivity contribution >= 4 is 0 Å². The number of rotatable bonds is 3. The standard InChI is InChI=1S/C23H28O2/c1-15-12-13-16-8-4-6-10-18(16)21(15)22-19-11-7-5-9-17(19)14-20(24-2)23(22)25-3/h12-14H,4-11H2,1-3H3. The summed E-state index contributed by atoms with van der Waals surface area (Å²) in [7, 11) is 3.53. The molecule has 2 aromatic rings. The van der Waals surface area contributed by atoms with Gasteiger partial charge in [-0.15, -0.1) is 0 Å². The van der Waals surface area contributed by atoms with Crippen molar-refractivity contribution < 1.29 is 9.47 Å². The van der Waals surface area contributed by atoms with Crippen molar-refractivity contribution in [2.24, 2.45) is 0 Å². The molecule has 132 valence electrons. The Balaban J connectivity index is 2.06. The highest BCUT2D eigenvalue weighted by atomic mass is 16.5. The van der Waals surface area contributed by atoms with Gasteiger partial charge in [-0.05, 0) is 97.7 Å². The second-order valence-electron chi connectivity index (χ2n) is 7.43. The predicted molar refractivity (Wildman–Crippen MR) is 103 cm³/mol. The van der Waals surface area contributed by atoms with Gasteiger partial charge in [-0.25, -0.2) is 0 Å². The van der Waals surface area contributed by atoms with E-state index in [-0.39, 0.29) is 0 Å². The summed E-state index contributed by atoms with van der Waals surface area (Å²) in [5.41, 5.74) is 10.1. The molecule has 2 aliphatic rings. The van der Waals surface area contributed by atoms with Gasteiger partial charge in [0.15, 0.2) is 11.5 Å². The minimum absolute atomic E-state index is 0.881. The summed E-state index contributed by atoms with van der Waals surface area (Å²) in [6, 6.07) is 6.85. The SMILES string of the molecule is COc1cc2c(c(-c3c(C)ccc4c3CCCC4)c1OC)CCCC2. The van der Waals surface area contributed by atoms with E-state index in [2.05, 4.69) is 25.1 Å². The zero-order chi connectivity index (χ0) is 17.4. The Morgan fingerprint density at radius 2 is 1.36 bits per heavy atom. The molecule has 0 unspecified atom stereocenters. The molecule has 0 saturated carbocycles. The Labute approximate surface area is 151 Å². The van der Waals surface area contributed by atoms with Crippen LogP contribution in [0.2, 0.25) is 0 Å². The zero-order valence-corrected chi connectivity index (χ0v) is 15.7. The molecule has 2 heteroatoms. The number of ether oxygens (including phenoxy) is 2. The maximum absolute atomic E-state index is 5.91. The molecule has 0 atom stereocenters. The quantitative estimate of drug-likeness (QED) is 0.743. The van der Waals surface area contributed by atoms with Crippen molar-refractivity contribution in [2.75, 3.05) is 14.2 Å². The number of hydrogen-bond donors (Lipinski definition) is 0. The molecule has 25 heavy (non-hydrogen) atoms. The Kier molecular flexibility index (Phi) is 4.45. The van der Waals surface area contributed by atoms with E-state index >= 15 is 0 Å². The van der Waals surface area contributed by atoms with Crippen LogP contribution in [-0.4, -0.2) is 14.2 Å². The van der Waals surface area contributed by atoms with Crippen LogP contribution in [0.4, 0.5) is 0 Å².